The molecule has 1 rings (SSSR count). The highest BCUT2D eigenvalue weighted by Crippen LogP contribution is 2.21. The minimum Gasteiger partial charge on any atom is -0.307 e. The number of nitrogens with one attached hydrogen (secondary N) is 1. The van der Waals surface area contributed by atoms with Crippen LogP contribution >= 0.6 is 15.9 Å². The first-order valence-electron chi connectivity index (χ1n) is 4.79. The maximum Gasteiger partial charge on any atom is 0.0530 e. The molecular formula is C12H16BrN. The zero-order valence-corrected chi connectivity index (χ0v) is 10.3. The molecule has 1 unspecified atom stereocenters. The summed E-state index contributed by atoms with van der Waals surface area (Å²) in [4.78, 5) is 0. The van der Waals surface area contributed by atoms with Gasteiger partial charge in [0, 0.05) is 4.47 Å². The average molecular weight is 254 g/mol. The lowest BCUT2D eigenvalue weighted by Crippen LogP contribution is -2.21. The average Bonchev–Trinajstić information content (AvgIpc) is 2.15. The second kappa shape index (κ2) is 5.32. The Morgan fingerprint density at radius 1 is 1.43 bits per heavy atom. The van der Waals surface area contributed by atoms with Gasteiger partial charge in [-0.25, -0.2) is 0 Å². The van der Waals surface area contributed by atoms with E-state index in [-0.39, 0.29) is 6.04 Å². The molecule has 1 aromatic carbocycles. The van der Waals surface area contributed by atoms with Crippen molar-refractivity contribution in [1.82, 2.24) is 5.32 Å². The molecule has 1 nitrogen and oxygen atoms in total. The minimum atomic E-state index is 0.271. The molecule has 1 atom stereocenters. The molecule has 0 heterocycles. The molecule has 2 heteroatoms. The van der Waals surface area contributed by atoms with Crippen molar-refractivity contribution in [3.63, 3.8) is 0 Å². The van der Waals surface area contributed by atoms with Crippen molar-refractivity contribution in [3.8, 4) is 0 Å². The van der Waals surface area contributed by atoms with Crippen LogP contribution in [0.2, 0.25) is 0 Å². The van der Waals surface area contributed by atoms with Crippen molar-refractivity contribution in [2.75, 3.05) is 6.54 Å². The summed E-state index contributed by atoms with van der Waals surface area (Å²) in [7, 11) is 0. The van der Waals surface area contributed by atoms with Gasteiger partial charge in [-0.3, -0.25) is 0 Å². The van der Waals surface area contributed by atoms with Crippen LogP contribution in [0.15, 0.2) is 40.9 Å². The molecule has 0 radical (unpaired) electrons. The Kier molecular flexibility index (Phi) is 4.36. The first-order chi connectivity index (χ1) is 6.65. The number of hydrogen-bond acceptors (Lipinski definition) is 1. The molecule has 0 saturated heterocycles. The van der Waals surface area contributed by atoms with Crippen molar-refractivity contribution < 1.29 is 0 Å². The van der Waals surface area contributed by atoms with Gasteiger partial charge in [-0.15, -0.1) is 0 Å². The highest BCUT2D eigenvalue weighted by Gasteiger charge is 2.09. The Morgan fingerprint density at radius 2 is 2.00 bits per heavy atom. The molecule has 14 heavy (non-hydrogen) atoms. The lowest BCUT2D eigenvalue weighted by molar-refractivity contribution is 0.621. The monoisotopic (exact) mass is 253 g/mol. The van der Waals surface area contributed by atoms with E-state index in [1.165, 1.54) is 5.56 Å². The summed E-state index contributed by atoms with van der Waals surface area (Å²) in [5.74, 6) is 0. The number of rotatable bonds is 4. The summed E-state index contributed by atoms with van der Waals surface area (Å²) in [6, 6.07) is 8.62. The van der Waals surface area contributed by atoms with Crippen LogP contribution in [0, 0.1) is 0 Å². The topological polar surface area (TPSA) is 12.0 Å². The summed E-state index contributed by atoms with van der Waals surface area (Å²) in [6.45, 7) is 9.11. The Labute approximate surface area is 94.3 Å². The molecule has 0 saturated carbocycles. The fourth-order valence-corrected chi connectivity index (χ4v) is 1.70. The quantitative estimate of drug-likeness (QED) is 0.808. The third-order valence-corrected chi connectivity index (χ3v) is 2.63. The van der Waals surface area contributed by atoms with Crippen molar-refractivity contribution >= 4 is 15.9 Å². The van der Waals surface area contributed by atoms with Crippen LogP contribution in [0.1, 0.15) is 25.5 Å². The van der Waals surface area contributed by atoms with Crippen molar-refractivity contribution in [2.24, 2.45) is 0 Å². The number of halogens is 1. The van der Waals surface area contributed by atoms with E-state index in [0.717, 1.165) is 16.6 Å². The smallest absolute Gasteiger partial charge is 0.0530 e. The van der Waals surface area contributed by atoms with E-state index in [4.69, 9.17) is 0 Å². The van der Waals surface area contributed by atoms with E-state index in [1.807, 2.05) is 0 Å². The molecule has 0 bridgehead atoms. The third-order valence-electron chi connectivity index (χ3n) is 2.10. The van der Waals surface area contributed by atoms with Crippen LogP contribution in [0.4, 0.5) is 0 Å². The molecule has 0 aliphatic carbocycles. The SMILES string of the molecule is C=C(C)C(NCC)c1ccc(Br)cc1. The van der Waals surface area contributed by atoms with Crippen LogP contribution in [0.5, 0.6) is 0 Å². The van der Waals surface area contributed by atoms with E-state index in [2.05, 4.69) is 65.9 Å². The maximum atomic E-state index is 4.00. The Bertz CT molecular complexity index is 303. The third kappa shape index (κ3) is 2.96. The predicted molar refractivity (Wildman–Crippen MR) is 65.4 cm³/mol. The number of hydrogen-bond donors (Lipinski definition) is 1. The van der Waals surface area contributed by atoms with Crippen LogP contribution in [0.25, 0.3) is 0 Å². The van der Waals surface area contributed by atoms with Gasteiger partial charge in [0.25, 0.3) is 0 Å². The predicted octanol–water partition coefficient (Wildman–Crippen LogP) is 3.68. The van der Waals surface area contributed by atoms with Crippen LogP contribution in [-0.4, -0.2) is 6.54 Å². The zero-order chi connectivity index (χ0) is 10.6. The Hall–Kier alpha value is -0.600. The molecule has 0 amide bonds. The molecule has 0 spiro atoms. The lowest BCUT2D eigenvalue weighted by atomic mass is 10.0. The maximum absolute atomic E-state index is 4.00. The van der Waals surface area contributed by atoms with Crippen molar-refractivity contribution in [1.29, 1.82) is 0 Å². The molecule has 1 aromatic rings. The van der Waals surface area contributed by atoms with Gasteiger partial charge < -0.3 is 5.32 Å². The van der Waals surface area contributed by atoms with Gasteiger partial charge in [0.1, 0.15) is 0 Å². The largest absolute Gasteiger partial charge is 0.307 e. The van der Waals surface area contributed by atoms with Gasteiger partial charge in [0.05, 0.1) is 6.04 Å². The zero-order valence-electron chi connectivity index (χ0n) is 8.68. The molecular weight excluding hydrogens is 238 g/mol. The molecule has 0 aromatic heterocycles. The highest BCUT2D eigenvalue weighted by atomic mass is 79.9. The molecule has 1 N–H and O–H groups in total. The summed E-state index contributed by atoms with van der Waals surface area (Å²) < 4.78 is 1.11. The molecule has 0 aliphatic rings. The summed E-state index contributed by atoms with van der Waals surface area (Å²) in [5, 5.41) is 3.40. The highest BCUT2D eigenvalue weighted by molar-refractivity contribution is 9.10. The lowest BCUT2D eigenvalue weighted by Gasteiger charge is -2.18. The normalized spacial score (nSPS) is 12.5. The van der Waals surface area contributed by atoms with Crippen molar-refractivity contribution in [2.45, 2.75) is 19.9 Å². The van der Waals surface area contributed by atoms with Crippen LogP contribution < -0.4 is 5.32 Å². The van der Waals surface area contributed by atoms with Crippen molar-refractivity contribution in [3.05, 3.63) is 46.5 Å². The first-order valence-corrected chi connectivity index (χ1v) is 5.58. The van der Waals surface area contributed by atoms with Crippen LogP contribution in [-0.2, 0) is 0 Å². The molecule has 0 aliphatic heterocycles. The van der Waals surface area contributed by atoms with Gasteiger partial charge in [0.2, 0.25) is 0 Å². The van der Waals surface area contributed by atoms with E-state index in [1.54, 1.807) is 0 Å². The van der Waals surface area contributed by atoms with E-state index in [9.17, 15) is 0 Å². The van der Waals surface area contributed by atoms with E-state index < -0.39 is 0 Å². The Morgan fingerprint density at radius 3 is 2.43 bits per heavy atom. The summed E-state index contributed by atoms with van der Waals surface area (Å²) in [5.41, 5.74) is 2.41. The van der Waals surface area contributed by atoms with Gasteiger partial charge in [0.15, 0.2) is 0 Å². The van der Waals surface area contributed by atoms with Crippen LogP contribution in [0.3, 0.4) is 0 Å². The summed E-state index contributed by atoms with van der Waals surface area (Å²) >= 11 is 3.43. The second-order valence-corrected chi connectivity index (χ2v) is 4.30. The number of likely N-dealkylation sites (N-methyl/N-ethyl adjacent to an activating group) is 1. The fourth-order valence-electron chi connectivity index (χ4n) is 1.44. The number of benzene rings is 1. The second-order valence-electron chi connectivity index (χ2n) is 3.39. The van der Waals surface area contributed by atoms with Gasteiger partial charge in [-0.1, -0.05) is 47.1 Å². The minimum absolute atomic E-state index is 0.271. The van der Waals surface area contributed by atoms with Gasteiger partial charge in [-0.05, 0) is 31.2 Å². The standard InChI is InChI=1S/C12H16BrN/c1-4-14-12(9(2)3)10-5-7-11(13)8-6-10/h5-8,12,14H,2,4H2,1,3H3. The first kappa shape index (κ1) is 11.5. The van der Waals surface area contributed by atoms with Gasteiger partial charge in [-0.2, -0.15) is 0 Å². The molecule has 0 fully saturated rings. The Balaban J connectivity index is 2.87. The summed E-state index contributed by atoms with van der Waals surface area (Å²) in [6.07, 6.45) is 0. The van der Waals surface area contributed by atoms with Gasteiger partial charge >= 0.3 is 0 Å². The molecule has 76 valence electrons. The fraction of sp³-hybridized carbons (Fsp3) is 0.333. The van der Waals surface area contributed by atoms with E-state index in [0.29, 0.717) is 0 Å². The van der Waals surface area contributed by atoms with E-state index >= 15 is 0 Å².